The Hall–Kier alpha value is -0.440. The van der Waals surface area contributed by atoms with Gasteiger partial charge in [0.25, 0.3) is 21.1 Å². The lowest BCUT2D eigenvalue weighted by Crippen LogP contribution is -1.86. The Kier molecular flexibility index (Phi) is 6.56. The molecule has 6 nitrogen and oxygen atoms in total. The molecule has 2 N–H and O–H groups in total. The highest BCUT2D eigenvalue weighted by Gasteiger charge is 1.87. The van der Waals surface area contributed by atoms with E-state index in [0.29, 0.717) is 5.41 Å². The minimum Gasteiger partial charge on any atom is -0.288 e. The standard InChI is InChI=1S/C2H4O3S.H2O3S/c1-2-6(3,4)5;1-4(2)3/h2H,1H2,(H,3,4,5);4H,(H,1,2,3). The first-order valence-electron chi connectivity index (χ1n) is 1.73. The SMILES string of the molecule is C=CS(=O)(=O)O.O=[SH](=O)O. The molecule has 0 unspecified atom stereocenters. The molecule has 0 rings (SSSR count). The lowest BCUT2D eigenvalue weighted by molar-refractivity contribution is 0.494. The zero-order chi connectivity index (χ0) is 8.78. The largest absolute Gasteiger partial charge is 0.288 e. The zero-order valence-electron chi connectivity index (χ0n) is 4.67. The van der Waals surface area contributed by atoms with Gasteiger partial charge in [0, 0.05) is 0 Å². The molecule has 62 valence electrons. The monoisotopic (exact) mass is 190 g/mol. The summed E-state index contributed by atoms with van der Waals surface area (Å²) < 4.78 is 50.8. The van der Waals surface area contributed by atoms with Crippen molar-refractivity contribution >= 4 is 21.1 Å². The molecule has 0 aromatic carbocycles. The Morgan fingerprint density at radius 2 is 1.50 bits per heavy atom. The first-order valence-corrected chi connectivity index (χ1v) is 4.36. The van der Waals surface area contributed by atoms with Crippen molar-refractivity contribution < 1.29 is 25.9 Å². The summed E-state index contributed by atoms with van der Waals surface area (Å²) >= 11 is 0. The highest BCUT2D eigenvalue weighted by molar-refractivity contribution is 7.88. The minimum atomic E-state index is -3.90. The molecular formula is C2H6O6S2. The summed E-state index contributed by atoms with van der Waals surface area (Å²) in [7, 11) is -7.02. The Morgan fingerprint density at radius 1 is 1.40 bits per heavy atom. The van der Waals surface area contributed by atoms with Crippen molar-refractivity contribution in [2.45, 2.75) is 0 Å². The van der Waals surface area contributed by atoms with Crippen LogP contribution in [0.15, 0.2) is 12.0 Å². The lowest BCUT2D eigenvalue weighted by atomic mass is 11.3. The molecule has 0 bridgehead atoms. The minimum absolute atomic E-state index is 0.465. The lowest BCUT2D eigenvalue weighted by Gasteiger charge is -1.73. The first kappa shape index (κ1) is 12.3. The average Bonchev–Trinajstić information content (AvgIpc) is 1.63. The van der Waals surface area contributed by atoms with Crippen LogP contribution in [-0.4, -0.2) is 25.9 Å². The number of hydrogen-bond donors (Lipinski definition) is 3. The summed E-state index contributed by atoms with van der Waals surface area (Å²) in [5.74, 6) is 0. The van der Waals surface area contributed by atoms with Gasteiger partial charge in [-0.3, -0.25) is 9.11 Å². The molecule has 0 aliphatic carbocycles. The third-order valence-corrected chi connectivity index (χ3v) is 0.632. The van der Waals surface area contributed by atoms with E-state index in [1.165, 1.54) is 0 Å². The number of rotatable bonds is 1. The fourth-order valence-electron chi connectivity index (χ4n) is 0. The van der Waals surface area contributed by atoms with Crippen molar-refractivity contribution in [1.82, 2.24) is 0 Å². The van der Waals surface area contributed by atoms with E-state index in [2.05, 4.69) is 6.58 Å². The van der Waals surface area contributed by atoms with Crippen molar-refractivity contribution in [3.63, 3.8) is 0 Å². The van der Waals surface area contributed by atoms with E-state index < -0.39 is 21.1 Å². The molecule has 0 atom stereocenters. The van der Waals surface area contributed by atoms with Gasteiger partial charge in [-0.15, -0.1) is 0 Å². The summed E-state index contributed by atoms with van der Waals surface area (Å²) in [6, 6.07) is 0. The molecule has 0 fully saturated rings. The Balaban J connectivity index is 0. The molecule has 0 aromatic heterocycles. The molecule has 0 saturated heterocycles. The van der Waals surface area contributed by atoms with E-state index in [1.54, 1.807) is 0 Å². The van der Waals surface area contributed by atoms with Crippen LogP contribution in [0.1, 0.15) is 0 Å². The second-order valence-electron chi connectivity index (χ2n) is 0.919. The quantitative estimate of drug-likeness (QED) is 0.365. The highest BCUT2D eigenvalue weighted by Crippen LogP contribution is 1.75. The van der Waals surface area contributed by atoms with Gasteiger partial charge in [-0.2, -0.15) is 8.42 Å². The van der Waals surface area contributed by atoms with Crippen molar-refractivity contribution in [2.75, 3.05) is 0 Å². The maximum atomic E-state index is 9.44. The van der Waals surface area contributed by atoms with Crippen molar-refractivity contribution in [3.05, 3.63) is 12.0 Å². The van der Waals surface area contributed by atoms with Gasteiger partial charge in [0.15, 0.2) is 0 Å². The van der Waals surface area contributed by atoms with E-state index in [-0.39, 0.29) is 0 Å². The predicted octanol–water partition coefficient (Wildman–Crippen LogP) is -0.911. The van der Waals surface area contributed by atoms with Gasteiger partial charge < -0.3 is 0 Å². The van der Waals surface area contributed by atoms with E-state index in [0.717, 1.165) is 0 Å². The Labute approximate surface area is 59.7 Å². The molecule has 0 aromatic rings. The van der Waals surface area contributed by atoms with Gasteiger partial charge in [0.05, 0.1) is 5.41 Å². The highest BCUT2D eigenvalue weighted by atomic mass is 32.2. The van der Waals surface area contributed by atoms with Crippen LogP contribution in [-0.2, 0) is 21.1 Å². The van der Waals surface area contributed by atoms with Crippen molar-refractivity contribution in [1.29, 1.82) is 0 Å². The second kappa shape index (κ2) is 5.35. The zero-order valence-corrected chi connectivity index (χ0v) is 6.38. The van der Waals surface area contributed by atoms with Gasteiger partial charge in [-0.25, -0.2) is 8.42 Å². The fourth-order valence-corrected chi connectivity index (χ4v) is 0. The smallest absolute Gasteiger partial charge is 0.287 e. The van der Waals surface area contributed by atoms with Crippen LogP contribution in [0.5, 0.6) is 0 Å². The van der Waals surface area contributed by atoms with Gasteiger partial charge in [0.1, 0.15) is 0 Å². The topological polar surface area (TPSA) is 109 Å². The van der Waals surface area contributed by atoms with Crippen LogP contribution in [0.2, 0.25) is 0 Å². The van der Waals surface area contributed by atoms with Crippen LogP contribution in [0.25, 0.3) is 0 Å². The number of thiol groups is 1. The van der Waals surface area contributed by atoms with Gasteiger partial charge in [-0.1, -0.05) is 6.58 Å². The third-order valence-electron chi connectivity index (χ3n) is 0.211. The summed E-state index contributed by atoms with van der Waals surface area (Å²) in [4.78, 5) is 0. The fraction of sp³-hybridized carbons (Fsp3) is 0. The molecule has 0 spiro atoms. The molecule has 0 aliphatic rings. The van der Waals surface area contributed by atoms with E-state index >= 15 is 0 Å². The van der Waals surface area contributed by atoms with Crippen LogP contribution >= 0.6 is 0 Å². The molecule has 0 amide bonds. The van der Waals surface area contributed by atoms with Crippen LogP contribution < -0.4 is 0 Å². The third kappa shape index (κ3) is 49.6. The maximum Gasteiger partial charge on any atom is 0.287 e. The van der Waals surface area contributed by atoms with Crippen molar-refractivity contribution in [2.24, 2.45) is 0 Å². The van der Waals surface area contributed by atoms with E-state index in [1.807, 2.05) is 0 Å². The molecule has 0 radical (unpaired) electrons. The van der Waals surface area contributed by atoms with Gasteiger partial charge in [0.2, 0.25) is 0 Å². The predicted molar refractivity (Wildman–Crippen MR) is 34.7 cm³/mol. The Bertz CT molecular complexity index is 225. The molecule has 10 heavy (non-hydrogen) atoms. The molecule has 8 heteroatoms. The second-order valence-corrected chi connectivity index (χ2v) is 2.76. The summed E-state index contributed by atoms with van der Waals surface area (Å²) in [6.07, 6.45) is 0. The summed E-state index contributed by atoms with van der Waals surface area (Å²) in [5.41, 5.74) is 0. The van der Waals surface area contributed by atoms with Crippen LogP contribution in [0.4, 0.5) is 0 Å². The van der Waals surface area contributed by atoms with Crippen LogP contribution in [0, 0.1) is 0 Å². The summed E-state index contributed by atoms with van der Waals surface area (Å²) in [6.45, 7) is 2.79. The normalized spacial score (nSPS) is 9.90. The van der Waals surface area contributed by atoms with E-state index in [9.17, 15) is 8.42 Å². The molecule has 0 heterocycles. The van der Waals surface area contributed by atoms with Gasteiger partial charge >= 0.3 is 0 Å². The summed E-state index contributed by atoms with van der Waals surface area (Å²) in [5, 5.41) is 0.465. The average molecular weight is 190 g/mol. The van der Waals surface area contributed by atoms with Gasteiger partial charge in [-0.05, 0) is 0 Å². The molecule has 0 aliphatic heterocycles. The van der Waals surface area contributed by atoms with E-state index in [4.69, 9.17) is 17.5 Å². The first-order chi connectivity index (χ1) is 4.29. The van der Waals surface area contributed by atoms with Crippen molar-refractivity contribution in [3.8, 4) is 0 Å². The Morgan fingerprint density at radius 3 is 1.50 bits per heavy atom. The number of hydrogen-bond acceptors (Lipinski definition) is 4. The van der Waals surface area contributed by atoms with Crippen LogP contribution in [0.3, 0.4) is 0 Å². The molecule has 0 saturated carbocycles. The maximum absolute atomic E-state index is 9.44. The molecular weight excluding hydrogens is 184 g/mol.